The molecule has 1 aliphatic heterocycles. The summed E-state index contributed by atoms with van der Waals surface area (Å²) in [6.45, 7) is 1.42. The molecule has 1 saturated heterocycles. The summed E-state index contributed by atoms with van der Waals surface area (Å²) in [6, 6.07) is 3.54. The van der Waals surface area contributed by atoms with Gasteiger partial charge in [0.05, 0.1) is 0 Å². The van der Waals surface area contributed by atoms with Crippen LogP contribution in [0.1, 0.15) is 24.4 Å². The van der Waals surface area contributed by atoms with E-state index in [0.717, 1.165) is 12.8 Å². The Morgan fingerprint density at radius 1 is 1.41 bits per heavy atom. The third-order valence-electron chi connectivity index (χ3n) is 2.99. The maximum atomic E-state index is 13.7. The first kappa shape index (κ1) is 12.5. The molecule has 3 nitrogen and oxygen atoms in total. The predicted octanol–water partition coefficient (Wildman–Crippen LogP) is 2.81. The molecule has 0 spiro atoms. The molecule has 5 heteroatoms. The number of carboxylic acids is 1. The summed E-state index contributed by atoms with van der Waals surface area (Å²) >= 11 is 3.24. The third-order valence-corrected chi connectivity index (χ3v) is 3.49. The Morgan fingerprint density at radius 2 is 2.06 bits per heavy atom. The molecule has 1 heterocycles. The Kier molecular flexibility index (Phi) is 3.79. The summed E-state index contributed by atoms with van der Waals surface area (Å²) in [7, 11) is 0. The molecule has 1 atom stereocenters. The molecule has 0 bridgehead atoms. The van der Waals surface area contributed by atoms with Gasteiger partial charge in [-0.3, -0.25) is 9.69 Å². The van der Waals surface area contributed by atoms with E-state index in [1.165, 1.54) is 6.07 Å². The van der Waals surface area contributed by atoms with Crippen LogP contribution in [-0.4, -0.2) is 29.1 Å². The van der Waals surface area contributed by atoms with Crippen molar-refractivity contribution in [3.63, 3.8) is 0 Å². The minimum atomic E-state index is -0.996. The van der Waals surface area contributed by atoms with Crippen molar-refractivity contribution in [3.05, 3.63) is 34.1 Å². The average Bonchev–Trinajstić information content (AvgIpc) is 2.76. The smallest absolute Gasteiger partial charge is 0.325 e. The lowest BCUT2D eigenvalue weighted by Gasteiger charge is -2.24. The number of aliphatic carboxylic acids is 1. The van der Waals surface area contributed by atoms with E-state index >= 15 is 0 Å². The van der Waals surface area contributed by atoms with E-state index < -0.39 is 17.8 Å². The predicted molar refractivity (Wildman–Crippen MR) is 65.3 cm³/mol. The fourth-order valence-electron chi connectivity index (χ4n) is 2.21. The van der Waals surface area contributed by atoms with Gasteiger partial charge in [0.2, 0.25) is 0 Å². The molecule has 2 rings (SSSR count). The molecule has 0 aliphatic carbocycles. The van der Waals surface area contributed by atoms with Crippen LogP contribution in [0.3, 0.4) is 0 Å². The number of carboxylic acid groups (broad SMARTS) is 1. The van der Waals surface area contributed by atoms with Gasteiger partial charge in [-0.25, -0.2) is 4.39 Å². The Hall–Kier alpha value is -0.940. The van der Waals surface area contributed by atoms with E-state index in [-0.39, 0.29) is 5.56 Å². The molecule has 1 aromatic rings. The number of carbonyl (C=O) groups is 1. The van der Waals surface area contributed by atoms with E-state index in [2.05, 4.69) is 15.9 Å². The minimum Gasteiger partial charge on any atom is -0.480 e. The molecule has 0 amide bonds. The van der Waals surface area contributed by atoms with Crippen molar-refractivity contribution in [3.8, 4) is 0 Å². The monoisotopic (exact) mass is 301 g/mol. The fourth-order valence-corrected chi connectivity index (χ4v) is 2.59. The second kappa shape index (κ2) is 5.14. The summed E-state index contributed by atoms with van der Waals surface area (Å²) in [5.41, 5.74) is 0.230. The quantitative estimate of drug-likeness (QED) is 0.933. The highest BCUT2D eigenvalue weighted by Crippen LogP contribution is 2.29. The fraction of sp³-hybridized carbons (Fsp3) is 0.417. The molecule has 92 valence electrons. The maximum absolute atomic E-state index is 13.7. The Balaban J connectivity index is 2.37. The zero-order valence-corrected chi connectivity index (χ0v) is 10.8. The van der Waals surface area contributed by atoms with Crippen LogP contribution in [0.15, 0.2) is 22.7 Å². The molecule has 1 aliphatic rings. The molecule has 1 fully saturated rings. The summed E-state index contributed by atoms with van der Waals surface area (Å²) in [5.74, 6) is -1.46. The summed E-state index contributed by atoms with van der Waals surface area (Å²) < 4.78 is 14.4. The number of rotatable bonds is 3. The van der Waals surface area contributed by atoms with Gasteiger partial charge in [0.15, 0.2) is 0 Å². The first-order valence-electron chi connectivity index (χ1n) is 5.51. The first-order valence-corrected chi connectivity index (χ1v) is 6.30. The van der Waals surface area contributed by atoms with Crippen LogP contribution in [0.25, 0.3) is 0 Å². The van der Waals surface area contributed by atoms with Crippen LogP contribution >= 0.6 is 15.9 Å². The van der Waals surface area contributed by atoms with Crippen molar-refractivity contribution < 1.29 is 14.3 Å². The molecule has 1 aromatic carbocycles. The molecule has 1 N–H and O–H groups in total. The Morgan fingerprint density at radius 3 is 2.65 bits per heavy atom. The topological polar surface area (TPSA) is 40.5 Å². The van der Waals surface area contributed by atoms with Crippen LogP contribution < -0.4 is 0 Å². The average molecular weight is 302 g/mol. The number of nitrogens with zero attached hydrogens (tertiary/aromatic N) is 1. The van der Waals surface area contributed by atoms with E-state index in [0.29, 0.717) is 17.6 Å². The van der Waals surface area contributed by atoms with Gasteiger partial charge < -0.3 is 5.11 Å². The third kappa shape index (κ3) is 2.66. The highest BCUT2D eigenvalue weighted by Gasteiger charge is 2.31. The number of hydrogen-bond donors (Lipinski definition) is 1. The lowest BCUT2D eigenvalue weighted by Crippen LogP contribution is -2.32. The van der Waals surface area contributed by atoms with Crippen molar-refractivity contribution in [1.29, 1.82) is 0 Å². The van der Waals surface area contributed by atoms with Crippen molar-refractivity contribution in [2.75, 3.05) is 13.1 Å². The van der Waals surface area contributed by atoms with Gasteiger partial charge >= 0.3 is 5.97 Å². The highest BCUT2D eigenvalue weighted by atomic mass is 79.9. The normalized spacial score (nSPS) is 18.2. The molecule has 0 saturated carbocycles. The van der Waals surface area contributed by atoms with Crippen molar-refractivity contribution in [2.24, 2.45) is 0 Å². The number of benzene rings is 1. The van der Waals surface area contributed by atoms with Gasteiger partial charge in [0.1, 0.15) is 11.9 Å². The molecular weight excluding hydrogens is 289 g/mol. The Labute approximate surface area is 107 Å². The standard InChI is InChI=1S/C12H13BrFNO2/c13-8-3-4-10(14)9(7-8)11(12(16)17)15-5-1-2-6-15/h3-4,7,11H,1-2,5-6H2,(H,16,17). The van der Waals surface area contributed by atoms with Crippen molar-refractivity contribution in [2.45, 2.75) is 18.9 Å². The van der Waals surface area contributed by atoms with Crippen LogP contribution in [0.2, 0.25) is 0 Å². The maximum Gasteiger partial charge on any atom is 0.325 e. The van der Waals surface area contributed by atoms with Crippen LogP contribution in [0.5, 0.6) is 0 Å². The molecular formula is C12H13BrFNO2. The zero-order chi connectivity index (χ0) is 12.4. The van der Waals surface area contributed by atoms with E-state index in [1.54, 1.807) is 12.1 Å². The SMILES string of the molecule is O=C(O)C(c1cc(Br)ccc1F)N1CCCC1. The van der Waals surface area contributed by atoms with Crippen molar-refractivity contribution in [1.82, 2.24) is 4.90 Å². The Bertz CT molecular complexity index is 433. The lowest BCUT2D eigenvalue weighted by atomic mass is 10.1. The van der Waals surface area contributed by atoms with Crippen LogP contribution in [-0.2, 0) is 4.79 Å². The number of hydrogen-bond acceptors (Lipinski definition) is 2. The second-order valence-electron chi connectivity index (χ2n) is 4.15. The molecule has 0 radical (unpaired) electrons. The summed E-state index contributed by atoms with van der Waals surface area (Å²) in [4.78, 5) is 13.1. The van der Waals surface area contributed by atoms with E-state index in [9.17, 15) is 14.3 Å². The lowest BCUT2D eigenvalue weighted by molar-refractivity contribution is -0.143. The van der Waals surface area contributed by atoms with Crippen molar-refractivity contribution >= 4 is 21.9 Å². The molecule has 1 unspecified atom stereocenters. The number of halogens is 2. The largest absolute Gasteiger partial charge is 0.480 e. The van der Waals surface area contributed by atoms with E-state index in [4.69, 9.17) is 0 Å². The summed E-state index contributed by atoms with van der Waals surface area (Å²) in [5, 5.41) is 9.28. The first-order chi connectivity index (χ1) is 8.09. The van der Waals surface area contributed by atoms with Crippen LogP contribution in [0, 0.1) is 5.82 Å². The number of likely N-dealkylation sites (tertiary alicyclic amines) is 1. The highest BCUT2D eigenvalue weighted by molar-refractivity contribution is 9.10. The van der Waals surface area contributed by atoms with Gasteiger partial charge in [0.25, 0.3) is 0 Å². The minimum absolute atomic E-state index is 0.230. The summed E-state index contributed by atoms with van der Waals surface area (Å²) in [6.07, 6.45) is 1.94. The second-order valence-corrected chi connectivity index (χ2v) is 5.07. The van der Waals surface area contributed by atoms with Gasteiger partial charge in [-0.1, -0.05) is 15.9 Å². The van der Waals surface area contributed by atoms with Crippen LogP contribution in [0.4, 0.5) is 4.39 Å². The molecule has 0 aromatic heterocycles. The van der Waals surface area contributed by atoms with Gasteiger partial charge in [0, 0.05) is 10.0 Å². The van der Waals surface area contributed by atoms with Gasteiger partial charge in [-0.15, -0.1) is 0 Å². The van der Waals surface area contributed by atoms with Gasteiger partial charge in [-0.05, 0) is 44.1 Å². The van der Waals surface area contributed by atoms with E-state index in [1.807, 2.05) is 4.90 Å². The zero-order valence-electron chi connectivity index (χ0n) is 9.20. The van der Waals surface area contributed by atoms with Gasteiger partial charge in [-0.2, -0.15) is 0 Å². The molecule has 17 heavy (non-hydrogen) atoms.